The van der Waals surface area contributed by atoms with E-state index in [1.54, 1.807) is 0 Å². The molecule has 0 aliphatic rings. The Balaban J connectivity index is 3.02. The highest BCUT2D eigenvalue weighted by molar-refractivity contribution is 9.10. The fourth-order valence-electron chi connectivity index (χ4n) is 1.03. The van der Waals surface area contributed by atoms with Crippen molar-refractivity contribution < 1.29 is 17.9 Å². The highest BCUT2D eigenvalue weighted by Gasteiger charge is 2.29. The van der Waals surface area contributed by atoms with Crippen LogP contribution in [-0.2, 0) is 19.6 Å². The summed E-state index contributed by atoms with van der Waals surface area (Å²) in [5, 5.41) is -1.07. The van der Waals surface area contributed by atoms with E-state index in [1.165, 1.54) is 19.2 Å². The Hall–Kier alpha value is -0.860. The normalized spacial score (nSPS) is 12.9. The highest BCUT2D eigenvalue weighted by atomic mass is 79.9. The molecule has 0 fully saturated rings. The smallest absolute Gasteiger partial charge is 0.325 e. The number of pyridine rings is 1. The van der Waals surface area contributed by atoms with E-state index >= 15 is 0 Å². The zero-order chi connectivity index (χ0) is 13.9. The second-order valence-corrected chi connectivity index (χ2v) is 6.49. The Bertz CT molecular complexity index is 564. The van der Waals surface area contributed by atoms with Crippen molar-refractivity contribution in [2.45, 2.75) is 12.2 Å². The van der Waals surface area contributed by atoms with E-state index in [1.807, 2.05) is 0 Å². The number of nitrogens with one attached hydrogen (secondary N) is 1. The molecule has 1 unspecified atom stereocenters. The van der Waals surface area contributed by atoms with Gasteiger partial charge in [-0.15, -0.1) is 0 Å². The fourth-order valence-corrected chi connectivity index (χ4v) is 2.62. The van der Waals surface area contributed by atoms with Crippen molar-refractivity contribution in [2.75, 3.05) is 11.8 Å². The summed E-state index contributed by atoms with van der Waals surface area (Å²) < 4.78 is 30.6. The minimum atomic E-state index is -3.92. The number of carbonyl (C=O) groups excluding carboxylic acids is 1. The number of methoxy groups -OCH3 is 1. The lowest BCUT2D eigenvalue weighted by Crippen LogP contribution is -2.33. The van der Waals surface area contributed by atoms with Crippen molar-refractivity contribution in [3.05, 3.63) is 21.9 Å². The molecule has 0 aliphatic carbocycles. The van der Waals surface area contributed by atoms with Gasteiger partial charge in [0.1, 0.15) is 4.60 Å². The lowest BCUT2D eigenvalue weighted by Gasteiger charge is -2.13. The maximum Gasteiger partial charge on any atom is 0.325 e. The molecular weight excluding hydrogens is 348 g/mol. The van der Waals surface area contributed by atoms with Crippen LogP contribution in [-0.4, -0.2) is 31.7 Å². The fraction of sp³-hybridized carbons (Fsp3) is 0.333. The summed E-state index contributed by atoms with van der Waals surface area (Å²) in [5.74, 6) is -0.853. The van der Waals surface area contributed by atoms with E-state index in [0.29, 0.717) is 0 Å². The second-order valence-electron chi connectivity index (χ2n) is 3.30. The molecule has 1 N–H and O–H groups in total. The van der Waals surface area contributed by atoms with Crippen LogP contribution in [0.5, 0.6) is 0 Å². The van der Waals surface area contributed by atoms with Crippen LogP contribution >= 0.6 is 27.5 Å². The number of rotatable bonds is 4. The van der Waals surface area contributed by atoms with Crippen molar-refractivity contribution in [3.8, 4) is 0 Å². The number of aromatic nitrogens is 1. The quantitative estimate of drug-likeness (QED) is 0.656. The minimum Gasteiger partial charge on any atom is -0.468 e. The van der Waals surface area contributed by atoms with Gasteiger partial charge in [0.2, 0.25) is 10.0 Å². The summed E-state index contributed by atoms with van der Waals surface area (Å²) in [6.45, 7) is 1.22. The van der Waals surface area contributed by atoms with Crippen LogP contribution in [0.1, 0.15) is 6.92 Å². The Morgan fingerprint density at radius 3 is 2.78 bits per heavy atom. The molecule has 0 radical (unpaired) electrons. The van der Waals surface area contributed by atoms with Gasteiger partial charge in [-0.25, -0.2) is 13.4 Å². The molecule has 100 valence electrons. The van der Waals surface area contributed by atoms with Crippen molar-refractivity contribution in [1.82, 2.24) is 4.98 Å². The van der Waals surface area contributed by atoms with E-state index in [-0.39, 0.29) is 15.3 Å². The lowest BCUT2D eigenvalue weighted by molar-refractivity contribution is -0.139. The third-order valence-electron chi connectivity index (χ3n) is 2.06. The van der Waals surface area contributed by atoms with Crippen LogP contribution in [0.25, 0.3) is 0 Å². The van der Waals surface area contributed by atoms with Gasteiger partial charge in [0.25, 0.3) is 0 Å². The molecule has 0 saturated carbocycles. The average molecular weight is 358 g/mol. The number of hydrogen-bond acceptors (Lipinski definition) is 5. The van der Waals surface area contributed by atoms with Gasteiger partial charge in [0.05, 0.1) is 17.8 Å². The summed E-state index contributed by atoms with van der Waals surface area (Å²) in [5.41, 5.74) is 0.151. The number of ether oxygens (including phenoxy) is 1. The number of hydrogen-bond donors (Lipinski definition) is 1. The van der Waals surface area contributed by atoms with E-state index < -0.39 is 21.2 Å². The van der Waals surface area contributed by atoms with E-state index in [9.17, 15) is 13.2 Å². The van der Waals surface area contributed by atoms with Crippen LogP contribution in [0.2, 0.25) is 5.02 Å². The van der Waals surface area contributed by atoms with Crippen molar-refractivity contribution in [2.24, 2.45) is 0 Å². The molecule has 0 aliphatic heterocycles. The van der Waals surface area contributed by atoms with Crippen molar-refractivity contribution in [1.29, 1.82) is 0 Å². The first-order valence-electron chi connectivity index (χ1n) is 4.68. The van der Waals surface area contributed by atoms with Crippen molar-refractivity contribution >= 4 is 49.2 Å². The van der Waals surface area contributed by atoms with Crippen molar-refractivity contribution in [3.63, 3.8) is 0 Å². The Kier molecular flexibility index (Phi) is 4.94. The Morgan fingerprint density at radius 1 is 1.61 bits per heavy atom. The molecule has 1 aromatic heterocycles. The summed E-state index contributed by atoms with van der Waals surface area (Å²) in [7, 11) is -2.80. The molecule has 1 heterocycles. The standard InChI is InChI=1S/C9H10BrClN2O4S/c1-5(9(14)17-2)18(15,16)13-7-3-6(11)4-12-8(7)10/h3-5,13H,1-2H3. The summed E-state index contributed by atoms with van der Waals surface area (Å²) in [6, 6.07) is 1.38. The minimum absolute atomic E-state index is 0.151. The molecule has 0 amide bonds. The van der Waals surface area contributed by atoms with Crippen LogP contribution in [0.3, 0.4) is 0 Å². The van der Waals surface area contributed by atoms with Crippen LogP contribution in [0, 0.1) is 0 Å². The van der Waals surface area contributed by atoms with Gasteiger partial charge in [-0.2, -0.15) is 0 Å². The van der Waals surface area contributed by atoms with Crippen LogP contribution in [0.15, 0.2) is 16.9 Å². The number of esters is 1. The maximum atomic E-state index is 11.9. The number of nitrogens with zero attached hydrogens (tertiary/aromatic N) is 1. The molecule has 1 rings (SSSR count). The predicted octanol–water partition coefficient (Wildman–Crippen LogP) is 1.80. The predicted molar refractivity (Wildman–Crippen MR) is 71.0 cm³/mol. The first-order chi connectivity index (χ1) is 8.27. The van der Waals surface area contributed by atoms with Gasteiger partial charge < -0.3 is 4.74 Å². The first kappa shape index (κ1) is 15.2. The Morgan fingerprint density at radius 2 is 2.22 bits per heavy atom. The van der Waals surface area contributed by atoms with Gasteiger partial charge in [0, 0.05) is 6.20 Å². The topological polar surface area (TPSA) is 85.4 Å². The largest absolute Gasteiger partial charge is 0.468 e. The zero-order valence-corrected chi connectivity index (χ0v) is 12.6. The lowest BCUT2D eigenvalue weighted by atomic mass is 10.4. The number of sulfonamides is 1. The first-order valence-corrected chi connectivity index (χ1v) is 7.40. The third kappa shape index (κ3) is 3.56. The molecule has 0 aromatic carbocycles. The van der Waals surface area contributed by atoms with E-state index in [4.69, 9.17) is 11.6 Å². The number of halogens is 2. The molecule has 9 heteroatoms. The highest BCUT2D eigenvalue weighted by Crippen LogP contribution is 2.25. The number of anilines is 1. The molecular formula is C9H10BrClN2O4S. The molecule has 1 aromatic rings. The maximum absolute atomic E-state index is 11.9. The zero-order valence-electron chi connectivity index (χ0n) is 9.48. The number of carbonyl (C=O) groups is 1. The van der Waals surface area contributed by atoms with Crippen LogP contribution < -0.4 is 4.72 Å². The third-order valence-corrected chi connectivity index (χ3v) is 4.52. The average Bonchev–Trinajstić information content (AvgIpc) is 2.31. The summed E-state index contributed by atoms with van der Waals surface area (Å²) >= 11 is 8.78. The van der Waals surface area contributed by atoms with E-state index in [0.717, 1.165) is 7.11 Å². The van der Waals surface area contributed by atoms with Crippen LogP contribution in [0.4, 0.5) is 5.69 Å². The molecule has 1 atom stereocenters. The summed E-state index contributed by atoms with van der Waals surface area (Å²) in [4.78, 5) is 15.0. The molecule has 0 saturated heterocycles. The molecule has 18 heavy (non-hydrogen) atoms. The van der Waals surface area contributed by atoms with Gasteiger partial charge in [0.15, 0.2) is 5.25 Å². The van der Waals surface area contributed by atoms with Gasteiger partial charge in [-0.3, -0.25) is 9.52 Å². The van der Waals surface area contributed by atoms with Gasteiger partial charge in [-0.1, -0.05) is 11.6 Å². The van der Waals surface area contributed by atoms with E-state index in [2.05, 4.69) is 30.4 Å². The monoisotopic (exact) mass is 356 g/mol. The second kappa shape index (κ2) is 5.85. The molecule has 0 bridgehead atoms. The molecule has 0 spiro atoms. The Labute approximate surface area is 118 Å². The summed E-state index contributed by atoms with van der Waals surface area (Å²) in [6.07, 6.45) is 1.35. The SMILES string of the molecule is COC(=O)C(C)S(=O)(=O)Nc1cc(Cl)cnc1Br. The van der Waals surface area contributed by atoms with Gasteiger partial charge in [-0.05, 0) is 28.9 Å². The molecule has 6 nitrogen and oxygen atoms in total. The van der Waals surface area contributed by atoms with Gasteiger partial charge >= 0.3 is 5.97 Å².